The molecule has 0 saturated heterocycles. The number of nitrogens with zero attached hydrogens (tertiary/aromatic N) is 1. The van der Waals surface area contributed by atoms with Gasteiger partial charge in [-0.05, 0) is 109 Å². The number of aliphatic carboxylic acids is 1. The summed E-state index contributed by atoms with van der Waals surface area (Å²) < 4.78 is 0. The van der Waals surface area contributed by atoms with Crippen molar-refractivity contribution in [2.45, 2.75) is 105 Å². The van der Waals surface area contributed by atoms with Crippen molar-refractivity contribution in [2.24, 2.45) is 51.2 Å². The minimum absolute atomic E-state index is 0.0140. The Morgan fingerprint density at radius 3 is 2.33 bits per heavy atom. The van der Waals surface area contributed by atoms with E-state index in [1.807, 2.05) is 6.07 Å². The average Bonchev–Trinajstić information content (AvgIpc) is 2.85. The fourth-order valence-corrected chi connectivity index (χ4v) is 11.6. The third-order valence-corrected chi connectivity index (χ3v) is 13.9. The van der Waals surface area contributed by atoms with Crippen LogP contribution in [-0.4, -0.2) is 27.1 Å². The lowest BCUT2D eigenvalue weighted by atomic mass is 9.33. The highest BCUT2D eigenvalue weighted by molar-refractivity contribution is 5.87. The van der Waals surface area contributed by atoms with Crippen molar-refractivity contribution in [3.63, 3.8) is 0 Å². The quantitative estimate of drug-likeness (QED) is 0.384. The average molecular weight is 534 g/mol. The number of carboxylic acids is 2. The molecule has 5 aliphatic carbocycles. The predicted molar refractivity (Wildman–Crippen MR) is 152 cm³/mol. The summed E-state index contributed by atoms with van der Waals surface area (Å²) in [5.41, 5.74) is 3.22. The Balaban J connectivity index is 1.48. The first-order chi connectivity index (χ1) is 18.1. The second kappa shape index (κ2) is 8.19. The van der Waals surface area contributed by atoms with Crippen molar-refractivity contribution in [1.29, 1.82) is 0 Å². The first-order valence-electron chi connectivity index (χ1n) is 15.3. The Hall–Kier alpha value is -2.17. The molecule has 9 atom stereocenters. The van der Waals surface area contributed by atoms with Crippen LogP contribution in [-0.2, 0) is 16.6 Å². The van der Waals surface area contributed by atoms with Gasteiger partial charge in [0, 0.05) is 17.3 Å². The number of rotatable bonds is 2. The van der Waals surface area contributed by atoms with Gasteiger partial charge in [0.15, 0.2) is 0 Å². The molecule has 5 aliphatic rings. The number of hydrogen-bond donors (Lipinski definition) is 2. The van der Waals surface area contributed by atoms with Gasteiger partial charge in [-0.3, -0.25) is 9.78 Å². The van der Waals surface area contributed by atoms with Crippen molar-refractivity contribution in [3.05, 3.63) is 40.7 Å². The molecule has 5 heteroatoms. The maximum absolute atomic E-state index is 12.9. The molecule has 5 nitrogen and oxygen atoms in total. The summed E-state index contributed by atoms with van der Waals surface area (Å²) >= 11 is 0. The lowest BCUT2D eigenvalue weighted by Crippen LogP contribution is -2.65. The lowest BCUT2D eigenvalue weighted by Gasteiger charge is -2.70. The van der Waals surface area contributed by atoms with Gasteiger partial charge in [-0.15, -0.1) is 0 Å². The fraction of sp³-hybridized carbons (Fsp3) is 0.735. The first kappa shape index (κ1) is 27.0. The van der Waals surface area contributed by atoms with Gasteiger partial charge in [0.2, 0.25) is 0 Å². The third-order valence-electron chi connectivity index (χ3n) is 13.9. The number of hydrogen-bond acceptors (Lipinski definition) is 3. The Kier molecular flexibility index (Phi) is 5.68. The monoisotopic (exact) mass is 533 g/mol. The molecule has 212 valence electrons. The van der Waals surface area contributed by atoms with Crippen LogP contribution >= 0.6 is 0 Å². The highest BCUT2D eigenvalue weighted by Crippen LogP contribution is 2.75. The van der Waals surface area contributed by atoms with Crippen molar-refractivity contribution in [3.8, 4) is 0 Å². The number of aromatic nitrogens is 1. The van der Waals surface area contributed by atoms with Crippen LogP contribution in [0.1, 0.15) is 115 Å². The number of aromatic carboxylic acids is 1. The summed E-state index contributed by atoms with van der Waals surface area (Å²) in [5, 5.41) is 20.3. The van der Waals surface area contributed by atoms with Crippen molar-refractivity contribution < 1.29 is 19.8 Å². The summed E-state index contributed by atoms with van der Waals surface area (Å²) in [6.45, 7) is 16.8. The zero-order valence-electron chi connectivity index (χ0n) is 24.9. The maximum atomic E-state index is 12.9. The molecule has 0 bridgehead atoms. The number of pyridine rings is 1. The van der Waals surface area contributed by atoms with E-state index in [9.17, 15) is 19.8 Å². The molecule has 1 heterocycles. The Morgan fingerprint density at radius 2 is 1.67 bits per heavy atom. The van der Waals surface area contributed by atoms with Gasteiger partial charge in [-0.25, -0.2) is 4.79 Å². The van der Waals surface area contributed by atoms with E-state index in [1.165, 1.54) is 11.8 Å². The number of carbonyl (C=O) groups is 2. The molecule has 0 spiro atoms. The van der Waals surface area contributed by atoms with Crippen LogP contribution < -0.4 is 0 Å². The normalized spacial score (nSPS) is 45.9. The standard InChI is InChI=1S/C34H47NO4/c1-19-10-13-34(29(38)39)15-14-32(6)23(26(34)20(19)2)8-9-25-31(5)17-21-16-22(28(36)37)18-35-27(21)30(3,4)24(31)11-12-33(25,32)7/h8,16,18-20,24-26H,9-15,17H2,1-7H3,(H,36,37)(H,38,39)/t19-,20+,24+,25-,26+,31+,32-,33-,34+/m1/s1. The molecule has 39 heavy (non-hydrogen) atoms. The molecule has 3 saturated carbocycles. The summed E-state index contributed by atoms with van der Waals surface area (Å²) in [5.74, 6) is 0.447. The Bertz CT molecular complexity index is 1280. The number of allylic oxidation sites excluding steroid dienone is 2. The van der Waals surface area contributed by atoms with Gasteiger partial charge in [0.1, 0.15) is 0 Å². The van der Waals surface area contributed by atoms with E-state index in [1.54, 1.807) is 0 Å². The van der Waals surface area contributed by atoms with E-state index in [0.29, 0.717) is 23.7 Å². The van der Waals surface area contributed by atoms with E-state index in [4.69, 9.17) is 4.98 Å². The first-order valence-corrected chi connectivity index (χ1v) is 15.3. The maximum Gasteiger partial charge on any atom is 0.337 e. The van der Waals surface area contributed by atoms with Gasteiger partial charge in [0.25, 0.3) is 0 Å². The highest BCUT2D eigenvalue weighted by atomic mass is 16.4. The summed E-state index contributed by atoms with van der Waals surface area (Å²) in [7, 11) is 0. The minimum Gasteiger partial charge on any atom is -0.481 e. The summed E-state index contributed by atoms with van der Waals surface area (Å²) in [6, 6.07) is 1.89. The summed E-state index contributed by atoms with van der Waals surface area (Å²) in [4.78, 5) is 29.5. The van der Waals surface area contributed by atoms with Crippen LogP contribution in [0.5, 0.6) is 0 Å². The molecule has 1 aromatic heterocycles. The highest BCUT2D eigenvalue weighted by Gasteiger charge is 2.69. The van der Waals surface area contributed by atoms with Crippen molar-refractivity contribution in [2.75, 3.05) is 0 Å². The Morgan fingerprint density at radius 1 is 0.949 bits per heavy atom. The molecule has 1 aromatic rings. The van der Waals surface area contributed by atoms with Crippen molar-refractivity contribution in [1.82, 2.24) is 4.98 Å². The molecule has 0 unspecified atom stereocenters. The zero-order valence-corrected chi connectivity index (χ0v) is 24.9. The molecular weight excluding hydrogens is 486 g/mol. The molecule has 3 fully saturated rings. The molecule has 0 radical (unpaired) electrons. The largest absolute Gasteiger partial charge is 0.481 e. The van der Waals surface area contributed by atoms with Crippen LogP contribution in [0, 0.1) is 51.2 Å². The topological polar surface area (TPSA) is 87.5 Å². The Labute approximate surface area is 233 Å². The van der Waals surface area contributed by atoms with E-state index < -0.39 is 17.4 Å². The zero-order chi connectivity index (χ0) is 28.3. The minimum atomic E-state index is -0.915. The smallest absolute Gasteiger partial charge is 0.337 e. The molecular formula is C34H47NO4. The van der Waals surface area contributed by atoms with E-state index >= 15 is 0 Å². The molecule has 0 amide bonds. The van der Waals surface area contributed by atoms with Crippen LogP contribution in [0.15, 0.2) is 23.9 Å². The molecule has 2 N–H and O–H groups in total. The van der Waals surface area contributed by atoms with E-state index in [-0.39, 0.29) is 33.1 Å². The van der Waals surface area contributed by atoms with E-state index in [0.717, 1.165) is 62.6 Å². The molecule has 0 aromatic carbocycles. The summed E-state index contributed by atoms with van der Waals surface area (Å²) in [6.07, 6.45) is 11.7. The molecule has 6 rings (SSSR count). The van der Waals surface area contributed by atoms with Crippen LogP contribution in [0.3, 0.4) is 0 Å². The number of carboxylic acid groups (broad SMARTS) is 2. The van der Waals surface area contributed by atoms with Crippen LogP contribution in [0.2, 0.25) is 0 Å². The molecule has 0 aliphatic heterocycles. The third kappa shape index (κ3) is 3.22. The SMILES string of the molecule is C[C@H]1[C@H](C)CC[C@]2(C(=O)O)CC[C@]3(C)C(=CC[C@@H]4[C@@]5(C)Cc6cc(C(=O)O)cnc6C(C)(C)[C@@H]5CC[C@]43C)[C@H]12. The van der Waals surface area contributed by atoms with Gasteiger partial charge in [-0.1, -0.05) is 60.1 Å². The van der Waals surface area contributed by atoms with Crippen molar-refractivity contribution >= 4 is 11.9 Å². The van der Waals surface area contributed by atoms with Gasteiger partial charge in [-0.2, -0.15) is 0 Å². The van der Waals surface area contributed by atoms with E-state index in [2.05, 4.69) is 54.5 Å². The predicted octanol–water partition coefficient (Wildman–Crippen LogP) is 7.54. The van der Waals surface area contributed by atoms with Gasteiger partial charge < -0.3 is 10.2 Å². The van der Waals surface area contributed by atoms with Crippen LogP contribution in [0.25, 0.3) is 0 Å². The van der Waals surface area contributed by atoms with Crippen LogP contribution in [0.4, 0.5) is 0 Å². The fourth-order valence-electron chi connectivity index (χ4n) is 11.6. The van der Waals surface area contributed by atoms with Gasteiger partial charge >= 0.3 is 11.9 Å². The number of fused-ring (bicyclic) bond motifs is 8. The second-order valence-corrected chi connectivity index (χ2v) is 15.5. The second-order valence-electron chi connectivity index (χ2n) is 15.5. The van der Waals surface area contributed by atoms with Gasteiger partial charge in [0.05, 0.1) is 11.0 Å². The lowest BCUT2D eigenvalue weighted by molar-refractivity contribution is -0.179.